The molecule has 2 aromatic carbocycles. The van der Waals surface area contributed by atoms with Gasteiger partial charge in [0, 0.05) is 10.0 Å². The summed E-state index contributed by atoms with van der Waals surface area (Å²) in [7, 11) is 1.63. The van der Waals surface area contributed by atoms with Gasteiger partial charge in [0.15, 0.2) is 0 Å². The Morgan fingerprint density at radius 1 is 1.27 bits per heavy atom. The van der Waals surface area contributed by atoms with Crippen molar-refractivity contribution in [3.05, 3.63) is 50.9 Å². The highest BCUT2D eigenvalue weighted by Gasteiger charge is 2.07. The standard InChI is InChI=1S/C15H11Br2N3OS/c1-21-14-9(6-10(16)7-11(14)17)8-18-20-15-19-12-4-2-3-5-13(12)22-15/h2-8H,1H3,(H,19,20)/b18-8+. The molecule has 1 N–H and O–H groups in total. The maximum atomic E-state index is 5.38. The molecule has 22 heavy (non-hydrogen) atoms. The number of hydrogen-bond donors (Lipinski definition) is 1. The molecule has 0 amide bonds. The van der Waals surface area contributed by atoms with Crippen molar-refractivity contribution < 1.29 is 4.74 Å². The molecule has 3 aromatic rings. The van der Waals surface area contributed by atoms with E-state index >= 15 is 0 Å². The zero-order valence-electron chi connectivity index (χ0n) is 11.5. The molecular weight excluding hydrogens is 430 g/mol. The van der Waals surface area contributed by atoms with Crippen LogP contribution in [0.25, 0.3) is 10.2 Å². The number of aromatic nitrogens is 1. The molecule has 3 rings (SSSR count). The van der Waals surface area contributed by atoms with E-state index in [0.29, 0.717) is 0 Å². The molecule has 0 fully saturated rings. The Morgan fingerprint density at radius 3 is 2.86 bits per heavy atom. The van der Waals surface area contributed by atoms with Crippen LogP contribution in [0.5, 0.6) is 5.75 Å². The lowest BCUT2D eigenvalue weighted by Crippen LogP contribution is -1.95. The van der Waals surface area contributed by atoms with Crippen molar-refractivity contribution in [2.24, 2.45) is 5.10 Å². The van der Waals surface area contributed by atoms with E-state index in [-0.39, 0.29) is 0 Å². The monoisotopic (exact) mass is 439 g/mol. The van der Waals surface area contributed by atoms with E-state index in [0.717, 1.165) is 35.6 Å². The first-order chi connectivity index (χ1) is 10.7. The van der Waals surface area contributed by atoms with Gasteiger partial charge in [0.2, 0.25) is 5.13 Å². The van der Waals surface area contributed by atoms with Gasteiger partial charge >= 0.3 is 0 Å². The van der Waals surface area contributed by atoms with E-state index in [1.54, 1.807) is 24.7 Å². The number of ether oxygens (including phenoxy) is 1. The number of hydrazone groups is 1. The van der Waals surface area contributed by atoms with Crippen LogP contribution in [0, 0.1) is 0 Å². The van der Waals surface area contributed by atoms with Crippen molar-refractivity contribution in [1.29, 1.82) is 0 Å². The van der Waals surface area contributed by atoms with Gasteiger partial charge < -0.3 is 4.74 Å². The second-order valence-corrected chi connectivity index (χ2v) is 7.17. The van der Waals surface area contributed by atoms with Crippen LogP contribution in [-0.4, -0.2) is 18.3 Å². The molecule has 0 atom stereocenters. The molecule has 1 heterocycles. The summed E-state index contributed by atoms with van der Waals surface area (Å²) in [6, 6.07) is 11.9. The van der Waals surface area contributed by atoms with Crippen LogP contribution in [0.15, 0.2) is 50.4 Å². The van der Waals surface area contributed by atoms with Crippen LogP contribution in [-0.2, 0) is 0 Å². The zero-order valence-corrected chi connectivity index (χ0v) is 15.5. The number of benzene rings is 2. The van der Waals surface area contributed by atoms with E-state index in [1.165, 1.54) is 0 Å². The van der Waals surface area contributed by atoms with Crippen molar-refractivity contribution in [1.82, 2.24) is 4.98 Å². The number of halogens is 2. The summed E-state index contributed by atoms with van der Waals surface area (Å²) in [5, 5.41) is 5.00. The molecule has 0 aliphatic carbocycles. The van der Waals surface area contributed by atoms with Crippen LogP contribution in [0.1, 0.15) is 5.56 Å². The Kier molecular flexibility index (Phi) is 4.75. The van der Waals surface area contributed by atoms with Crippen LogP contribution < -0.4 is 10.2 Å². The minimum absolute atomic E-state index is 0.734. The van der Waals surface area contributed by atoms with Gasteiger partial charge in [-0.1, -0.05) is 39.4 Å². The average molecular weight is 441 g/mol. The highest BCUT2D eigenvalue weighted by molar-refractivity contribution is 9.11. The fourth-order valence-electron chi connectivity index (χ4n) is 1.97. The van der Waals surface area contributed by atoms with Crippen molar-refractivity contribution in [2.75, 3.05) is 12.5 Å². The summed E-state index contributed by atoms with van der Waals surface area (Å²) in [6.07, 6.45) is 1.71. The Balaban J connectivity index is 1.82. The number of hydrogen-bond acceptors (Lipinski definition) is 5. The third kappa shape index (κ3) is 3.31. The van der Waals surface area contributed by atoms with Crippen molar-refractivity contribution in [3.8, 4) is 5.75 Å². The number of nitrogens with zero attached hydrogens (tertiary/aromatic N) is 2. The maximum absolute atomic E-state index is 5.38. The van der Waals surface area contributed by atoms with Crippen molar-refractivity contribution in [2.45, 2.75) is 0 Å². The first-order valence-electron chi connectivity index (χ1n) is 6.35. The molecule has 0 unspecified atom stereocenters. The number of fused-ring (bicyclic) bond motifs is 1. The van der Waals surface area contributed by atoms with Crippen LogP contribution in [0.4, 0.5) is 5.13 Å². The molecule has 0 aliphatic rings. The maximum Gasteiger partial charge on any atom is 0.204 e. The van der Waals surface area contributed by atoms with Crippen molar-refractivity contribution in [3.63, 3.8) is 0 Å². The van der Waals surface area contributed by atoms with E-state index in [1.807, 2.05) is 36.4 Å². The van der Waals surface area contributed by atoms with Gasteiger partial charge in [-0.2, -0.15) is 5.10 Å². The van der Waals surface area contributed by atoms with E-state index in [2.05, 4.69) is 47.4 Å². The number of para-hydroxylation sites is 1. The minimum atomic E-state index is 0.734. The quantitative estimate of drug-likeness (QED) is 0.443. The summed E-state index contributed by atoms with van der Waals surface area (Å²) >= 11 is 8.49. The number of nitrogens with one attached hydrogen (secondary N) is 1. The predicted molar refractivity (Wildman–Crippen MR) is 99.2 cm³/mol. The molecular formula is C15H11Br2N3OS. The van der Waals surface area contributed by atoms with Gasteiger partial charge in [0.25, 0.3) is 0 Å². The summed E-state index contributed by atoms with van der Waals surface area (Å²) in [6.45, 7) is 0. The SMILES string of the molecule is COc1c(Br)cc(Br)cc1/C=N/Nc1nc2ccccc2s1. The minimum Gasteiger partial charge on any atom is -0.495 e. The van der Waals surface area contributed by atoms with E-state index in [9.17, 15) is 0 Å². The normalized spacial score (nSPS) is 11.2. The summed E-state index contributed by atoms with van der Waals surface area (Å²) in [5.74, 6) is 0.734. The molecule has 0 spiro atoms. The molecule has 7 heteroatoms. The van der Waals surface area contributed by atoms with Crippen molar-refractivity contribution >= 4 is 64.8 Å². The fourth-order valence-corrected chi connectivity index (χ4v) is 4.20. The van der Waals surface area contributed by atoms with Crippen LogP contribution in [0.3, 0.4) is 0 Å². The molecule has 4 nitrogen and oxygen atoms in total. The van der Waals surface area contributed by atoms with Gasteiger partial charge in [-0.3, -0.25) is 5.43 Å². The predicted octanol–water partition coefficient (Wildman–Crippen LogP) is 5.28. The van der Waals surface area contributed by atoms with Gasteiger partial charge in [-0.15, -0.1) is 0 Å². The van der Waals surface area contributed by atoms with E-state index < -0.39 is 0 Å². The Bertz CT molecular complexity index is 815. The fraction of sp³-hybridized carbons (Fsp3) is 0.0667. The molecule has 112 valence electrons. The Hall–Kier alpha value is -1.44. The largest absolute Gasteiger partial charge is 0.495 e. The molecule has 0 bridgehead atoms. The summed E-state index contributed by atoms with van der Waals surface area (Å²) < 4.78 is 8.32. The lowest BCUT2D eigenvalue weighted by atomic mass is 10.2. The number of thiazole rings is 1. The zero-order chi connectivity index (χ0) is 15.5. The van der Waals surface area contributed by atoms with Gasteiger partial charge in [-0.25, -0.2) is 4.98 Å². The highest BCUT2D eigenvalue weighted by Crippen LogP contribution is 2.32. The van der Waals surface area contributed by atoms with E-state index in [4.69, 9.17) is 4.74 Å². The number of rotatable bonds is 4. The van der Waals surface area contributed by atoms with Crippen LogP contribution >= 0.6 is 43.2 Å². The second-order valence-electron chi connectivity index (χ2n) is 4.37. The van der Waals surface area contributed by atoms with Gasteiger partial charge in [-0.05, 0) is 40.2 Å². The number of anilines is 1. The summed E-state index contributed by atoms with van der Waals surface area (Å²) in [4.78, 5) is 4.47. The molecule has 1 aromatic heterocycles. The highest BCUT2D eigenvalue weighted by atomic mass is 79.9. The lowest BCUT2D eigenvalue weighted by molar-refractivity contribution is 0.411. The van der Waals surface area contributed by atoms with Gasteiger partial charge in [0.1, 0.15) is 5.75 Å². The van der Waals surface area contributed by atoms with Crippen LogP contribution in [0.2, 0.25) is 0 Å². The first-order valence-corrected chi connectivity index (χ1v) is 8.75. The third-order valence-electron chi connectivity index (χ3n) is 2.90. The lowest BCUT2D eigenvalue weighted by Gasteiger charge is -2.07. The Morgan fingerprint density at radius 2 is 2.09 bits per heavy atom. The first kappa shape index (κ1) is 15.5. The summed E-state index contributed by atoms with van der Waals surface area (Å²) in [5.41, 5.74) is 4.79. The molecule has 0 saturated heterocycles. The average Bonchev–Trinajstić information content (AvgIpc) is 2.89. The van der Waals surface area contributed by atoms with Gasteiger partial charge in [0.05, 0.1) is 28.0 Å². The number of methoxy groups -OCH3 is 1. The smallest absolute Gasteiger partial charge is 0.204 e. The third-order valence-corrected chi connectivity index (χ3v) is 4.89. The second kappa shape index (κ2) is 6.76. The molecule has 0 radical (unpaired) electrons. The topological polar surface area (TPSA) is 46.5 Å². The molecule has 0 saturated carbocycles. The molecule has 0 aliphatic heterocycles. The Labute approximate surface area is 148 Å².